The lowest BCUT2D eigenvalue weighted by Crippen LogP contribution is -2.30. The van der Waals surface area contributed by atoms with E-state index in [1.54, 1.807) is 7.11 Å². The molecule has 0 aliphatic heterocycles. The first-order chi connectivity index (χ1) is 7.68. The first-order valence-corrected chi connectivity index (χ1v) is 6.31. The maximum Gasteiger partial charge on any atom is 0.122 e. The van der Waals surface area contributed by atoms with E-state index in [2.05, 4.69) is 59.7 Å². The maximum atomic E-state index is 5.52. The SMILES string of the molecule is COc1ccccc1C(C(C)(C)C)C(C)(C)C. The van der Waals surface area contributed by atoms with Gasteiger partial charge in [-0.2, -0.15) is 0 Å². The second kappa shape index (κ2) is 4.72. The molecule has 0 aromatic heterocycles. The van der Waals surface area contributed by atoms with E-state index >= 15 is 0 Å². The Morgan fingerprint density at radius 2 is 1.35 bits per heavy atom. The summed E-state index contributed by atoms with van der Waals surface area (Å²) in [5.74, 6) is 1.47. The summed E-state index contributed by atoms with van der Waals surface area (Å²) in [5.41, 5.74) is 1.75. The van der Waals surface area contributed by atoms with Gasteiger partial charge in [-0.05, 0) is 28.4 Å². The van der Waals surface area contributed by atoms with Crippen LogP contribution >= 0.6 is 0 Å². The Morgan fingerprint density at radius 1 is 0.882 bits per heavy atom. The van der Waals surface area contributed by atoms with Gasteiger partial charge in [-0.1, -0.05) is 59.7 Å². The van der Waals surface area contributed by atoms with Crippen LogP contribution in [0, 0.1) is 10.8 Å². The predicted molar refractivity (Wildman–Crippen MR) is 74.6 cm³/mol. The molecule has 1 heteroatoms. The third-order valence-corrected chi connectivity index (χ3v) is 3.18. The highest BCUT2D eigenvalue weighted by molar-refractivity contribution is 5.38. The molecule has 17 heavy (non-hydrogen) atoms. The lowest BCUT2D eigenvalue weighted by atomic mass is 9.63. The van der Waals surface area contributed by atoms with Crippen LogP contribution in [0.15, 0.2) is 24.3 Å². The van der Waals surface area contributed by atoms with Crippen LogP contribution in [0.2, 0.25) is 0 Å². The molecular formula is C16H26O. The molecule has 0 bridgehead atoms. The van der Waals surface area contributed by atoms with Gasteiger partial charge in [-0.15, -0.1) is 0 Å². The zero-order chi connectivity index (χ0) is 13.3. The Kier molecular flexibility index (Phi) is 3.91. The highest BCUT2D eigenvalue weighted by Gasteiger charge is 2.37. The van der Waals surface area contributed by atoms with E-state index in [-0.39, 0.29) is 10.8 Å². The third kappa shape index (κ3) is 3.24. The quantitative estimate of drug-likeness (QED) is 0.709. The summed E-state index contributed by atoms with van der Waals surface area (Å²) < 4.78 is 5.52. The highest BCUT2D eigenvalue weighted by Crippen LogP contribution is 2.49. The van der Waals surface area contributed by atoms with E-state index in [4.69, 9.17) is 4.74 Å². The van der Waals surface area contributed by atoms with Crippen LogP contribution in [0.25, 0.3) is 0 Å². The molecule has 1 nitrogen and oxygen atoms in total. The van der Waals surface area contributed by atoms with Gasteiger partial charge in [-0.25, -0.2) is 0 Å². The molecular weight excluding hydrogens is 208 g/mol. The Morgan fingerprint density at radius 3 is 1.76 bits per heavy atom. The monoisotopic (exact) mass is 234 g/mol. The van der Waals surface area contributed by atoms with Crippen LogP contribution in [0.1, 0.15) is 53.0 Å². The summed E-state index contributed by atoms with van der Waals surface area (Å²) in [6, 6.07) is 8.38. The van der Waals surface area contributed by atoms with Crippen molar-refractivity contribution in [2.45, 2.75) is 47.5 Å². The zero-order valence-electron chi connectivity index (χ0n) is 12.3. The van der Waals surface area contributed by atoms with Crippen molar-refractivity contribution in [2.24, 2.45) is 10.8 Å². The maximum absolute atomic E-state index is 5.52. The van der Waals surface area contributed by atoms with Crippen molar-refractivity contribution in [3.8, 4) is 5.75 Å². The van der Waals surface area contributed by atoms with Crippen LogP contribution in [0.5, 0.6) is 5.75 Å². The Bertz CT molecular complexity index is 352. The molecule has 0 unspecified atom stereocenters. The average Bonchev–Trinajstić information content (AvgIpc) is 2.14. The number of ether oxygens (including phenoxy) is 1. The number of methoxy groups -OCH3 is 1. The molecule has 0 radical (unpaired) electrons. The Labute approximate surface area is 106 Å². The van der Waals surface area contributed by atoms with Gasteiger partial charge in [0.2, 0.25) is 0 Å². The van der Waals surface area contributed by atoms with Crippen molar-refractivity contribution < 1.29 is 4.74 Å². The molecule has 0 atom stereocenters. The predicted octanol–water partition coefficient (Wildman–Crippen LogP) is 4.87. The molecule has 96 valence electrons. The van der Waals surface area contributed by atoms with Crippen LogP contribution in [-0.4, -0.2) is 7.11 Å². The number of hydrogen-bond acceptors (Lipinski definition) is 1. The van der Waals surface area contributed by atoms with Gasteiger partial charge < -0.3 is 4.74 Å². The van der Waals surface area contributed by atoms with Crippen molar-refractivity contribution in [2.75, 3.05) is 7.11 Å². The minimum Gasteiger partial charge on any atom is -0.496 e. The van der Waals surface area contributed by atoms with Crippen LogP contribution in [0.3, 0.4) is 0 Å². The molecule has 0 fully saturated rings. The molecule has 0 aliphatic rings. The molecule has 1 aromatic carbocycles. The second-order valence-electron chi connectivity index (χ2n) is 6.91. The van der Waals surface area contributed by atoms with E-state index in [1.807, 2.05) is 6.07 Å². The second-order valence-corrected chi connectivity index (χ2v) is 6.91. The molecule has 0 N–H and O–H groups in total. The topological polar surface area (TPSA) is 9.23 Å². The molecule has 1 aromatic rings. The highest BCUT2D eigenvalue weighted by atomic mass is 16.5. The number of benzene rings is 1. The minimum atomic E-state index is 0.215. The van der Waals surface area contributed by atoms with Crippen molar-refractivity contribution in [3.05, 3.63) is 29.8 Å². The van der Waals surface area contributed by atoms with Crippen LogP contribution < -0.4 is 4.74 Å². The van der Waals surface area contributed by atoms with Gasteiger partial charge in [0.05, 0.1) is 7.11 Å². The molecule has 0 amide bonds. The normalized spacial score (nSPS) is 12.9. The standard InChI is InChI=1S/C16H26O/c1-15(2,3)14(16(4,5)6)12-10-8-9-11-13(12)17-7/h8-11,14H,1-7H3. The van der Waals surface area contributed by atoms with Gasteiger partial charge in [0.1, 0.15) is 5.75 Å². The summed E-state index contributed by atoms with van der Waals surface area (Å²) >= 11 is 0. The van der Waals surface area contributed by atoms with E-state index in [0.717, 1.165) is 5.75 Å². The van der Waals surface area contributed by atoms with E-state index < -0.39 is 0 Å². The molecule has 0 saturated carbocycles. The fourth-order valence-corrected chi connectivity index (χ4v) is 3.14. The molecule has 0 saturated heterocycles. The molecule has 0 spiro atoms. The van der Waals surface area contributed by atoms with E-state index in [9.17, 15) is 0 Å². The fraction of sp³-hybridized carbons (Fsp3) is 0.625. The lowest BCUT2D eigenvalue weighted by molar-refractivity contribution is 0.172. The minimum absolute atomic E-state index is 0.215. The summed E-state index contributed by atoms with van der Waals surface area (Å²) in [6.45, 7) is 13.8. The number of rotatable bonds is 2. The average molecular weight is 234 g/mol. The van der Waals surface area contributed by atoms with E-state index in [1.165, 1.54) is 5.56 Å². The van der Waals surface area contributed by atoms with Gasteiger partial charge in [0.15, 0.2) is 0 Å². The van der Waals surface area contributed by atoms with Gasteiger partial charge >= 0.3 is 0 Å². The summed E-state index contributed by atoms with van der Waals surface area (Å²) in [7, 11) is 1.75. The molecule has 1 rings (SSSR count). The van der Waals surface area contributed by atoms with E-state index in [0.29, 0.717) is 5.92 Å². The summed E-state index contributed by atoms with van der Waals surface area (Å²) in [6.07, 6.45) is 0. The van der Waals surface area contributed by atoms with Crippen molar-refractivity contribution in [1.82, 2.24) is 0 Å². The number of para-hydroxylation sites is 1. The number of hydrogen-bond donors (Lipinski definition) is 0. The first kappa shape index (κ1) is 14.1. The van der Waals surface area contributed by atoms with Gasteiger partial charge in [0, 0.05) is 0 Å². The van der Waals surface area contributed by atoms with Gasteiger partial charge in [0.25, 0.3) is 0 Å². The van der Waals surface area contributed by atoms with Crippen molar-refractivity contribution in [3.63, 3.8) is 0 Å². The Balaban J connectivity index is 3.33. The summed E-state index contributed by atoms with van der Waals surface area (Å²) in [5, 5.41) is 0. The van der Waals surface area contributed by atoms with Crippen molar-refractivity contribution >= 4 is 0 Å². The molecule has 0 heterocycles. The zero-order valence-corrected chi connectivity index (χ0v) is 12.3. The largest absolute Gasteiger partial charge is 0.496 e. The summed E-state index contributed by atoms with van der Waals surface area (Å²) in [4.78, 5) is 0. The smallest absolute Gasteiger partial charge is 0.122 e. The molecule has 0 aliphatic carbocycles. The first-order valence-electron chi connectivity index (χ1n) is 6.31. The van der Waals surface area contributed by atoms with Crippen LogP contribution in [-0.2, 0) is 0 Å². The van der Waals surface area contributed by atoms with Crippen LogP contribution in [0.4, 0.5) is 0 Å². The van der Waals surface area contributed by atoms with Crippen molar-refractivity contribution in [1.29, 1.82) is 0 Å². The lowest BCUT2D eigenvalue weighted by Gasteiger charge is -2.41. The third-order valence-electron chi connectivity index (χ3n) is 3.18. The Hall–Kier alpha value is -0.980. The van der Waals surface area contributed by atoms with Gasteiger partial charge in [-0.3, -0.25) is 0 Å². The fourth-order valence-electron chi connectivity index (χ4n) is 3.14.